The summed E-state index contributed by atoms with van der Waals surface area (Å²) in [6.07, 6.45) is 0. The van der Waals surface area contributed by atoms with Crippen molar-refractivity contribution in [1.29, 1.82) is 0 Å². The molecule has 6 heteroatoms. The van der Waals surface area contributed by atoms with Crippen LogP contribution in [-0.4, -0.2) is 25.4 Å². The lowest BCUT2D eigenvalue weighted by Gasteiger charge is -2.09. The number of anilines is 2. The lowest BCUT2D eigenvalue weighted by Crippen LogP contribution is -2.22. The zero-order valence-corrected chi connectivity index (χ0v) is 12.8. The first kappa shape index (κ1) is 15.9. The van der Waals surface area contributed by atoms with E-state index >= 15 is 0 Å². The minimum atomic E-state index is -0.201. The number of hydrogen-bond donors (Lipinski definition) is 3. The summed E-state index contributed by atoms with van der Waals surface area (Å²) < 4.78 is 0. The standard InChI is InChI=1S/C16H16ClN3O2/c1-18-16(22)11-6-8-12(9-7-11)20-15(21)10-19-14-5-3-2-4-13(14)17/h2-9,19H,10H2,1H3,(H,18,22)(H,20,21). The van der Waals surface area contributed by atoms with Gasteiger partial charge in [0.1, 0.15) is 0 Å². The Bertz CT molecular complexity index is 671. The van der Waals surface area contributed by atoms with Crippen molar-refractivity contribution in [3.05, 3.63) is 59.1 Å². The van der Waals surface area contributed by atoms with Gasteiger partial charge in [0.2, 0.25) is 5.91 Å². The van der Waals surface area contributed by atoms with Crippen LogP contribution in [0, 0.1) is 0 Å². The molecule has 2 amide bonds. The van der Waals surface area contributed by atoms with Gasteiger partial charge >= 0.3 is 0 Å². The van der Waals surface area contributed by atoms with Crippen molar-refractivity contribution in [2.75, 3.05) is 24.2 Å². The molecule has 0 saturated carbocycles. The van der Waals surface area contributed by atoms with Gasteiger partial charge < -0.3 is 16.0 Å². The van der Waals surface area contributed by atoms with Gasteiger partial charge in [0.15, 0.2) is 0 Å². The first-order valence-electron chi connectivity index (χ1n) is 6.70. The lowest BCUT2D eigenvalue weighted by molar-refractivity contribution is -0.114. The van der Waals surface area contributed by atoms with Crippen LogP contribution in [0.1, 0.15) is 10.4 Å². The largest absolute Gasteiger partial charge is 0.375 e. The fourth-order valence-corrected chi connectivity index (χ4v) is 2.04. The Hall–Kier alpha value is -2.53. The maximum Gasteiger partial charge on any atom is 0.251 e. The van der Waals surface area contributed by atoms with Crippen LogP contribution < -0.4 is 16.0 Å². The Kier molecular flexibility index (Phi) is 5.38. The summed E-state index contributed by atoms with van der Waals surface area (Å²) in [6, 6.07) is 13.9. The second-order valence-corrected chi connectivity index (χ2v) is 4.95. The highest BCUT2D eigenvalue weighted by Gasteiger charge is 2.06. The van der Waals surface area contributed by atoms with Gasteiger partial charge in [-0.1, -0.05) is 23.7 Å². The number of hydrogen-bond acceptors (Lipinski definition) is 3. The summed E-state index contributed by atoms with van der Waals surface area (Å²) in [5.74, 6) is -0.370. The van der Waals surface area contributed by atoms with Gasteiger partial charge in [0.05, 0.1) is 17.3 Å². The average molecular weight is 318 g/mol. The van der Waals surface area contributed by atoms with Crippen LogP contribution >= 0.6 is 11.6 Å². The van der Waals surface area contributed by atoms with Gasteiger partial charge in [-0.25, -0.2) is 0 Å². The van der Waals surface area contributed by atoms with Crippen molar-refractivity contribution < 1.29 is 9.59 Å². The van der Waals surface area contributed by atoms with Crippen molar-refractivity contribution in [2.45, 2.75) is 0 Å². The molecule has 5 nitrogen and oxygen atoms in total. The number of amides is 2. The molecule has 0 aliphatic heterocycles. The molecule has 0 aliphatic carbocycles. The third-order valence-corrected chi connectivity index (χ3v) is 3.30. The molecular weight excluding hydrogens is 302 g/mol. The van der Waals surface area contributed by atoms with Gasteiger partial charge in [-0.05, 0) is 36.4 Å². The maximum absolute atomic E-state index is 11.9. The zero-order chi connectivity index (χ0) is 15.9. The molecule has 0 atom stereocenters. The molecule has 0 fully saturated rings. The first-order chi connectivity index (χ1) is 10.6. The summed E-state index contributed by atoms with van der Waals surface area (Å²) in [7, 11) is 1.57. The normalized spacial score (nSPS) is 9.91. The fraction of sp³-hybridized carbons (Fsp3) is 0.125. The molecule has 0 aliphatic rings. The van der Waals surface area contributed by atoms with Crippen LogP contribution in [0.15, 0.2) is 48.5 Å². The van der Waals surface area contributed by atoms with E-state index in [4.69, 9.17) is 11.6 Å². The van der Waals surface area contributed by atoms with E-state index < -0.39 is 0 Å². The van der Waals surface area contributed by atoms with E-state index in [2.05, 4.69) is 16.0 Å². The first-order valence-corrected chi connectivity index (χ1v) is 7.08. The summed E-state index contributed by atoms with van der Waals surface area (Å²) >= 11 is 6.00. The van der Waals surface area contributed by atoms with E-state index in [1.807, 2.05) is 12.1 Å². The van der Waals surface area contributed by atoms with Crippen molar-refractivity contribution >= 4 is 34.8 Å². The Balaban J connectivity index is 1.89. The topological polar surface area (TPSA) is 70.2 Å². The zero-order valence-electron chi connectivity index (χ0n) is 12.0. The number of para-hydroxylation sites is 1. The van der Waals surface area contributed by atoms with Crippen molar-refractivity contribution in [3.63, 3.8) is 0 Å². The van der Waals surface area contributed by atoms with Crippen LogP contribution in [0.5, 0.6) is 0 Å². The molecule has 0 unspecified atom stereocenters. The molecule has 2 aromatic rings. The SMILES string of the molecule is CNC(=O)c1ccc(NC(=O)CNc2ccccc2Cl)cc1. The molecule has 0 spiro atoms. The predicted octanol–water partition coefficient (Wildman–Crippen LogP) is 2.75. The van der Waals surface area contributed by atoms with Crippen LogP contribution in [0.2, 0.25) is 5.02 Å². The third kappa shape index (κ3) is 4.23. The highest BCUT2D eigenvalue weighted by molar-refractivity contribution is 6.33. The number of halogens is 1. The molecule has 22 heavy (non-hydrogen) atoms. The maximum atomic E-state index is 11.9. The van der Waals surface area contributed by atoms with Crippen molar-refractivity contribution in [3.8, 4) is 0 Å². The van der Waals surface area contributed by atoms with E-state index in [1.54, 1.807) is 43.4 Å². The van der Waals surface area contributed by atoms with Crippen LogP contribution in [0.4, 0.5) is 11.4 Å². The molecular formula is C16H16ClN3O2. The number of rotatable bonds is 5. The second kappa shape index (κ2) is 7.47. The third-order valence-electron chi connectivity index (χ3n) is 2.97. The quantitative estimate of drug-likeness (QED) is 0.794. The van der Waals surface area contributed by atoms with Crippen molar-refractivity contribution in [2.24, 2.45) is 0 Å². The highest BCUT2D eigenvalue weighted by Crippen LogP contribution is 2.20. The van der Waals surface area contributed by atoms with Gasteiger partial charge in [-0.15, -0.1) is 0 Å². The number of benzene rings is 2. The van der Waals surface area contributed by atoms with E-state index in [1.165, 1.54) is 0 Å². The summed E-state index contributed by atoms with van der Waals surface area (Å²) in [5, 5.41) is 8.80. The number of nitrogens with one attached hydrogen (secondary N) is 3. The van der Waals surface area contributed by atoms with Gasteiger partial charge in [0.25, 0.3) is 5.91 Å². The molecule has 2 aromatic carbocycles. The Labute approximate surface area is 133 Å². The molecule has 114 valence electrons. The Morgan fingerprint density at radius 3 is 2.36 bits per heavy atom. The average Bonchev–Trinajstić information content (AvgIpc) is 2.54. The molecule has 0 bridgehead atoms. The second-order valence-electron chi connectivity index (χ2n) is 4.54. The summed E-state index contributed by atoms with van der Waals surface area (Å²) in [4.78, 5) is 23.3. The van der Waals surface area contributed by atoms with Gasteiger partial charge in [-0.2, -0.15) is 0 Å². The van der Waals surface area contributed by atoms with Crippen LogP contribution in [0.25, 0.3) is 0 Å². The van der Waals surface area contributed by atoms with Gasteiger partial charge in [0, 0.05) is 18.3 Å². The summed E-state index contributed by atoms with van der Waals surface area (Å²) in [6.45, 7) is 0.0981. The molecule has 0 saturated heterocycles. The van der Waals surface area contributed by atoms with E-state index in [9.17, 15) is 9.59 Å². The van der Waals surface area contributed by atoms with Crippen molar-refractivity contribution in [1.82, 2.24) is 5.32 Å². The van der Waals surface area contributed by atoms with Crippen LogP contribution in [0.3, 0.4) is 0 Å². The smallest absolute Gasteiger partial charge is 0.251 e. The minimum Gasteiger partial charge on any atom is -0.375 e. The van der Waals surface area contributed by atoms with E-state index in [-0.39, 0.29) is 18.4 Å². The van der Waals surface area contributed by atoms with Gasteiger partial charge in [-0.3, -0.25) is 9.59 Å². The molecule has 0 heterocycles. The Morgan fingerprint density at radius 1 is 1.05 bits per heavy atom. The Morgan fingerprint density at radius 2 is 1.73 bits per heavy atom. The minimum absolute atomic E-state index is 0.0981. The van der Waals surface area contributed by atoms with E-state index in [0.29, 0.717) is 22.0 Å². The number of carbonyl (C=O) groups is 2. The number of carbonyl (C=O) groups excluding carboxylic acids is 2. The molecule has 0 radical (unpaired) electrons. The highest BCUT2D eigenvalue weighted by atomic mass is 35.5. The lowest BCUT2D eigenvalue weighted by atomic mass is 10.2. The van der Waals surface area contributed by atoms with E-state index in [0.717, 1.165) is 0 Å². The molecule has 3 N–H and O–H groups in total. The molecule has 2 rings (SSSR count). The summed E-state index contributed by atoms with van der Waals surface area (Å²) in [5.41, 5.74) is 1.86. The monoisotopic (exact) mass is 317 g/mol. The fourth-order valence-electron chi connectivity index (χ4n) is 1.83. The molecule has 0 aromatic heterocycles. The predicted molar refractivity (Wildman–Crippen MR) is 88.4 cm³/mol. The van der Waals surface area contributed by atoms with Crippen LogP contribution in [-0.2, 0) is 4.79 Å².